The third-order valence-corrected chi connectivity index (χ3v) is 9.49. The summed E-state index contributed by atoms with van der Waals surface area (Å²) in [6.07, 6.45) is 1.64. The molecule has 0 radical (unpaired) electrons. The Morgan fingerprint density at radius 1 is 1.18 bits per heavy atom. The molecule has 0 spiro atoms. The van der Waals surface area contributed by atoms with Crippen LogP contribution in [-0.4, -0.2) is 55.4 Å². The van der Waals surface area contributed by atoms with Crippen molar-refractivity contribution in [2.24, 2.45) is 0 Å². The summed E-state index contributed by atoms with van der Waals surface area (Å²) in [5, 5.41) is 24.5. The molecule has 0 bridgehead atoms. The van der Waals surface area contributed by atoms with Crippen LogP contribution in [0.15, 0.2) is 41.3 Å². The fourth-order valence-electron chi connectivity index (χ4n) is 5.51. The molecule has 2 aliphatic heterocycles. The number of methoxy groups -OCH3 is 1. The molecule has 210 valence electrons. The van der Waals surface area contributed by atoms with Crippen LogP contribution in [-0.2, 0) is 25.0 Å². The lowest BCUT2D eigenvalue weighted by Gasteiger charge is -2.29. The van der Waals surface area contributed by atoms with Crippen LogP contribution in [0, 0.1) is 6.92 Å². The molecule has 0 aromatic heterocycles. The van der Waals surface area contributed by atoms with Gasteiger partial charge in [-0.05, 0) is 46.2 Å². The number of anilines is 2. The van der Waals surface area contributed by atoms with Gasteiger partial charge in [0.25, 0.3) is 0 Å². The van der Waals surface area contributed by atoms with Gasteiger partial charge in [0.1, 0.15) is 39.7 Å². The fourth-order valence-corrected chi connectivity index (χ4v) is 7.09. The smallest absolute Gasteiger partial charge is 0.235 e. The fraction of sp³-hybridized carbons (Fsp3) is 0.321. The number of hydrogen-bond acceptors (Lipinski definition) is 10. The second-order valence-electron chi connectivity index (χ2n) is 10.1. The second kappa shape index (κ2) is 9.12. The molecule has 11 nitrogen and oxygen atoms in total. The number of nitrogens with one attached hydrogen (secondary N) is 1. The van der Waals surface area contributed by atoms with Crippen molar-refractivity contribution in [2.75, 3.05) is 29.0 Å². The molecule has 1 atom stereocenters. The van der Waals surface area contributed by atoms with Crippen molar-refractivity contribution in [3.05, 3.63) is 58.0 Å². The number of rotatable bonds is 5. The Balaban J connectivity index is 1.57. The lowest BCUT2D eigenvalue weighted by Crippen LogP contribution is -2.40. The van der Waals surface area contributed by atoms with Crippen molar-refractivity contribution in [1.82, 2.24) is 0 Å². The first-order chi connectivity index (χ1) is 18.7. The van der Waals surface area contributed by atoms with Gasteiger partial charge in [-0.3, -0.25) is 18.7 Å². The van der Waals surface area contributed by atoms with Gasteiger partial charge in [0.05, 0.1) is 29.7 Å². The number of nitrogens with zero attached hydrogens (tertiary/aromatic N) is 1. The molecule has 1 saturated heterocycles. The number of ether oxygens (including phenoxy) is 2. The minimum absolute atomic E-state index is 0.0000976. The number of ketones is 3. The van der Waals surface area contributed by atoms with Crippen molar-refractivity contribution >= 4 is 38.7 Å². The Labute approximate surface area is 230 Å². The quantitative estimate of drug-likeness (QED) is 0.278. The molecule has 0 amide bonds. The topological polar surface area (TPSA) is 160 Å². The molecule has 0 saturated carbocycles. The first kappa shape index (κ1) is 27.3. The van der Waals surface area contributed by atoms with Crippen molar-refractivity contribution < 1.29 is 42.5 Å². The molecule has 5 rings (SSSR count). The molecule has 40 heavy (non-hydrogen) atoms. The van der Waals surface area contributed by atoms with E-state index in [4.69, 9.17) is 9.47 Å². The normalized spacial score (nSPS) is 22.3. The average Bonchev–Trinajstić information content (AvgIpc) is 3.38. The molecule has 1 fully saturated rings. The van der Waals surface area contributed by atoms with Crippen molar-refractivity contribution in [1.29, 1.82) is 0 Å². The number of fused-ring (bicyclic) bond motifs is 3. The van der Waals surface area contributed by atoms with E-state index in [0.29, 0.717) is 30.1 Å². The van der Waals surface area contributed by atoms with Gasteiger partial charge in [-0.1, -0.05) is 0 Å². The zero-order valence-electron chi connectivity index (χ0n) is 22.5. The summed E-state index contributed by atoms with van der Waals surface area (Å²) in [5.74, 6) is -2.60. The molecule has 1 aliphatic carbocycles. The van der Waals surface area contributed by atoms with E-state index in [0.717, 1.165) is 6.08 Å². The van der Waals surface area contributed by atoms with Crippen LogP contribution in [0.3, 0.4) is 0 Å². The minimum Gasteiger partial charge on any atom is -0.507 e. The minimum atomic E-state index is -3.44. The molecule has 2 heterocycles. The Morgan fingerprint density at radius 2 is 1.88 bits per heavy atom. The molecule has 2 aromatic carbocycles. The summed E-state index contributed by atoms with van der Waals surface area (Å²) < 4.78 is 37.3. The third-order valence-electron chi connectivity index (χ3n) is 7.64. The molecule has 12 heteroatoms. The van der Waals surface area contributed by atoms with E-state index in [1.54, 1.807) is 18.2 Å². The van der Waals surface area contributed by atoms with Gasteiger partial charge in [0.15, 0.2) is 17.3 Å². The van der Waals surface area contributed by atoms with Gasteiger partial charge in [0, 0.05) is 35.6 Å². The highest BCUT2D eigenvalue weighted by atomic mass is 32.2. The van der Waals surface area contributed by atoms with Crippen LogP contribution in [0.5, 0.6) is 23.0 Å². The lowest BCUT2D eigenvalue weighted by molar-refractivity contribution is -0.123. The molecular weight excluding hydrogens is 540 g/mol. The first-order valence-corrected chi connectivity index (χ1v) is 14.1. The van der Waals surface area contributed by atoms with E-state index < -0.39 is 44.3 Å². The van der Waals surface area contributed by atoms with E-state index in [-0.39, 0.29) is 45.2 Å². The number of carbonyl (C=O) groups is 3. The van der Waals surface area contributed by atoms with Crippen LogP contribution >= 0.6 is 0 Å². The zero-order chi connectivity index (χ0) is 29.3. The number of hydrogen-bond donors (Lipinski definition) is 3. The number of Topliss-reactive ketones (excluding diaryl/α,β-unsaturated/α-hetero) is 2. The number of phenolic OH excluding ortho intramolecular Hbond substituents is 2. The number of sulfonamides is 1. The van der Waals surface area contributed by atoms with Crippen LogP contribution in [0.2, 0.25) is 0 Å². The highest BCUT2D eigenvalue weighted by Crippen LogP contribution is 2.57. The summed E-state index contributed by atoms with van der Waals surface area (Å²) >= 11 is 0. The zero-order valence-corrected chi connectivity index (χ0v) is 23.4. The predicted octanol–water partition coefficient (Wildman–Crippen LogP) is 3.23. The Morgan fingerprint density at radius 3 is 2.48 bits per heavy atom. The van der Waals surface area contributed by atoms with Gasteiger partial charge in [-0.2, -0.15) is 0 Å². The van der Waals surface area contributed by atoms with E-state index >= 15 is 0 Å². The highest BCUT2D eigenvalue weighted by molar-refractivity contribution is 7.93. The Hall–Kier alpha value is -4.32. The molecule has 3 aliphatic rings. The summed E-state index contributed by atoms with van der Waals surface area (Å²) in [5.41, 5.74) is -0.987. The Bertz CT molecular complexity index is 1700. The van der Waals surface area contributed by atoms with Crippen LogP contribution in [0.25, 0.3) is 0 Å². The highest BCUT2D eigenvalue weighted by Gasteiger charge is 2.56. The van der Waals surface area contributed by atoms with E-state index in [1.165, 1.54) is 39.1 Å². The standard InChI is InChI=1S/C28H28N2O9S/c1-13-24(33)22(15(3)31)26-23(25(13)34)28(4)20(39-26)12-18(32)21(27(28)35)14(2)29-16-7-8-17(19(11-16)38-5)30-9-6-10-40(30,36)37/h7-8,11-12,29,33-34H,6,9-10H2,1-5H3. The maximum atomic E-state index is 14.0. The summed E-state index contributed by atoms with van der Waals surface area (Å²) in [4.78, 5) is 39.5. The summed E-state index contributed by atoms with van der Waals surface area (Å²) in [6, 6.07) is 4.77. The van der Waals surface area contributed by atoms with Gasteiger partial charge < -0.3 is 25.0 Å². The van der Waals surface area contributed by atoms with Crippen LogP contribution in [0.1, 0.15) is 48.7 Å². The van der Waals surface area contributed by atoms with Crippen molar-refractivity contribution in [2.45, 2.75) is 39.5 Å². The number of aromatic hydroxyl groups is 2. The first-order valence-electron chi connectivity index (χ1n) is 12.5. The van der Waals surface area contributed by atoms with Crippen molar-refractivity contribution in [3.63, 3.8) is 0 Å². The number of carbonyl (C=O) groups excluding carboxylic acids is 3. The maximum absolute atomic E-state index is 14.0. The molecule has 3 N–H and O–H groups in total. The maximum Gasteiger partial charge on any atom is 0.235 e. The van der Waals surface area contributed by atoms with E-state index in [1.807, 2.05) is 0 Å². The number of allylic oxidation sites excluding steroid dienone is 4. The predicted molar refractivity (Wildman–Crippen MR) is 146 cm³/mol. The average molecular weight is 569 g/mol. The Kier molecular flexibility index (Phi) is 6.21. The van der Waals surface area contributed by atoms with Gasteiger partial charge in [0.2, 0.25) is 10.0 Å². The monoisotopic (exact) mass is 568 g/mol. The number of benzene rings is 2. The molecular formula is C28H28N2O9S. The van der Waals surface area contributed by atoms with E-state index in [9.17, 15) is 33.0 Å². The van der Waals surface area contributed by atoms with Crippen LogP contribution in [0.4, 0.5) is 11.4 Å². The second-order valence-corrected chi connectivity index (χ2v) is 12.2. The largest absolute Gasteiger partial charge is 0.507 e. The summed E-state index contributed by atoms with van der Waals surface area (Å²) in [7, 11) is -2.03. The van der Waals surface area contributed by atoms with Gasteiger partial charge in [-0.15, -0.1) is 0 Å². The number of phenols is 2. The molecule has 1 unspecified atom stereocenters. The van der Waals surface area contributed by atoms with Crippen LogP contribution < -0.4 is 19.1 Å². The summed E-state index contributed by atoms with van der Waals surface area (Å²) in [6.45, 7) is 6.00. The van der Waals surface area contributed by atoms with E-state index in [2.05, 4.69) is 5.32 Å². The molecule has 2 aromatic rings. The SMILES string of the molecule is COc1cc(NC(C)=C2C(=O)C=C3Oc4c(C(C)=O)c(O)c(C)c(O)c4C3(C)C2=O)ccc1N1CCCS1(=O)=O. The van der Waals surface area contributed by atoms with Gasteiger partial charge >= 0.3 is 0 Å². The van der Waals surface area contributed by atoms with Gasteiger partial charge in [-0.25, -0.2) is 8.42 Å². The third kappa shape index (κ3) is 3.77. The van der Waals surface area contributed by atoms with Crippen molar-refractivity contribution in [3.8, 4) is 23.0 Å². The lowest BCUT2D eigenvalue weighted by atomic mass is 9.70.